The molecule has 0 spiro atoms. The number of rotatable bonds is 4. The fraction of sp³-hybridized carbons (Fsp3) is 0.571. The number of fused-ring (bicyclic) bond motifs is 1. The molecule has 108 valence electrons. The standard InChI is InChI=1S/C14H19BrN4O/c15-11-8-19-7-6-16-13(19)12(18-11)17-9-14(10-20)4-2-1-3-5-14/h6-8,20H,1-5,9-10H2,(H,17,18). The van der Waals surface area contributed by atoms with Crippen molar-refractivity contribution in [2.24, 2.45) is 5.41 Å². The number of halogens is 1. The van der Waals surface area contributed by atoms with E-state index in [4.69, 9.17) is 0 Å². The maximum absolute atomic E-state index is 9.76. The predicted molar refractivity (Wildman–Crippen MR) is 81.8 cm³/mol. The van der Waals surface area contributed by atoms with Gasteiger partial charge in [0.15, 0.2) is 11.5 Å². The number of imidazole rings is 1. The molecule has 0 aliphatic heterocycles. The Morgan fingerprint density at radius 2 is 2.15 bits per heavy atom. The monoisotopic (exact) mass is 338 g/mol. The Bertz CT molecular complexity index is 592. The summed E-state index contributed by atoms with van der Waals surface area (Å²) < 4.78 is 2.71. The molecule has 20 heavy (non-hydrogen) atoms. The van der Waals surface area contributed by atoms with Crippen molar-refractivity contribution < 1.29 is 5.11 Å². The molecule has 2 N–H and O–H groups in total. The van der Waals surface area contributed by atoms with Crippen molar-refractivity contribution in [3.63, 3.8) is 0 Å². The van der Waals surface area contributed by atoms with E-state index in [0.29, 0.717) is 0 Å². The minimum absolute atomic E-state index is 0.00810. The molecule has 5 nitrogen and oxygen atoms in total. The molecule has 0 aromatic carbocycles. The topological polar surface area (TPSA) is 62.5 Å². The molecule has 1 saturated carbocycles. The van der Waals surface area contributed by atoms with Crippen molar-refractivity contribution in [1.29, 1.82) is 0 Å². The van der Waals surface area contributed by atoms with Crippen LogP contribution in [0.3, 0.4) is 0 Å². The quantitative estimate of drug-likeness (QED) is 0.899. The van der Waals surface area contributed by atoms with Crippen molar-refractivity contribution in [3.05, 3.63) is 23.2 Å². The molecule has 1 aliphatic rings. The van der Waals surface area contributed by atoms with Gasteiger partial charge in [0, 0.05) is 30.6 Å². The second-order valence-corrected chi connectivity index (χ2v) is 6.46. The van der Waals surface area contributed by atoms with Gasteiger partial charge in [-0.25, -0.2) is 9.97 Å². The van der Waals surface area contributed by atoms with Gasteiger partial charge in [-0.3, -0.25) is 0 Å². The lowest BCUT2D eigenvalue weighted by molar-refractivity contribution is 0.0943. The molecular formula is C14H19BrN4O. The highest BCUT2D eigenvalue weighted by molar-refractivity contribution is 9.10. The van der Waals surface area contributed by atoms with Crippen LogP contribution < -0.4 is 5.32 Å². The number of aliphatic hydroxyl groups is 1. The fourth-order valence-corrected chi connectivity index (χ4v) is 3.38. The smallest absolute Gasteiger partial charge is 0.180 e. The van der Waals surface area contributed by atoms with Gasteiger partial charge in [-0.1, -0.05) is 19.3 Å². The van der Waals surface area contributed by atoms with E-state index in [9.17, 15) is 5.11 Å². The van der Waals surface area contributed by atoms with Gasteiger partial charge in [0.1, 0.15) is 4.60 Å². The Morgan fingerprint density at radius 1 is 1.35 bits per heavy atom. The molecular weight excluding hydrogens is 320 g/mol. The van der Waals surface area contributed by atoms with E-state index < -0.39 is 0 Å². The van der Waals surface area contributed by atoms with Crippen LogP contribution in [0.2, 0.25) is 0 Å². The molecule has 2 aromatic heterocycles. The molecule has 1 aliphatic carbocycles. The molecule has 6 heteroatoms. The van der Waals surface area contributed by atoms with Crippen LogP contribution in [0.25, 0.3) is 5.65 Å². The van der Waals surface area contributed by atoms with Gasteiger partial charge in [0.25, 0.3) is 0 Å². The molecule has 0 saturated heterocycles. The van der Waals surface area contributed by atoms with Gasteiger partial charge in [0.2, 0.25) is 0 Å². The van der Waals surface area contributed by atoms with E-state index in [1.54, 1.807) is 6.20 Å². The third-order valence-corrected chi connectivity index (χ3v) is 4.61. The van der Waals surface area contributed by atoms with E-state index >= 15 is 0 Å². The minimum atomic E-state index is -0.00810. The zero-order valence-corrected chi connectivity index (χ0v) is 12.9. The van der Waals surface area contributed by atoms with E-state index in [0.717, 1.165) is 35.5 Å². The lowest BCUT2D eigenvalue weighted by Gasteiger charge is -2.35. The first-order chi connectivity index (χ1) is 9.72. The summed E-state index contributed by atoms with van der Waals surface area (Å²) in [6, 6.07) is 0. The van der Waals surface area contributed by atoms with Crippen LogP contribution >= 0.6 is 15.9 Å². The normalized spacial score (nSPS) is 18.3. The van der Waals surface area contributed by atoms with Crippen molar-refractivity contribution in [1.82, 2.24) is 14.4 Å². The molecule has 0 unspecified atom stereocenters. The fourth-order valence-electron chi connectivity index (χ4n) is 2.98. The number of hydrogen-bond donors (Lipinski definition) is 2. The summed E-state index contributed by atoms with van der Waals surface area (Å²) in [5.41, 5.74) is 0.809. The Kier molecular flexibility index (Phi) is 3.94. The lowest BCUT2D eigenvalue weighted by Crippen LogP contribution is -2.35. The van der Waals surface area contributed by atoms with Gasteiger partial charge in [-0.05, 0) is 28.8 Å². The molecule has 0 amide bonds. The molecule has 3 rings (SSSR count). The van der Waals surface area contributed by atoms with Gasteiger partial charge in [-0.2, -0.15) is 0 Å². The second-order valence-electron chi connectivity index (χ2n) is 5.64. The van der Waals surface area contributed by atoms with Gasteiger partial charge >= 0.3 is 0 Å². The Hall–Kier alpha value is -1.14. The Labute approximate surface area is 126 Å². The Balaban J connectivity index is 1.80. The number of nitrogens with zero attached hydrogens (tertiary/aromatic N) is 3. The van der Waals surface area contributed by atoms with Gasteiger partial charge in [-0.15, -0.1) is 0 Å². The number of hydrogen-bond acceptors (Lipinski definition) is 4. The van der Waals surface area contributed by atoms with Crippen LogP contribution in [0.15, 0.2) is 23.2 Å². The summed E-state index contributed by atoms with van der Waals surface area (Å²) in [4.78, 5) is 8.79. The first-order valence-corrected chi connectivity index (χ1v) is 7.86. The zero-order valence-electron chi connectivity index (χ0n) is 11.3. The highest BCUT2D eigenvalue weighted by atomic mass is 79.9. The summed E-state index contributed by atoms with van der Waals surface area (Å²) in [6.07, 6.45) is 11.4. The van der Waals surface area contributed by atoms with E-state index in [2.05, 4.69) is 31.2 Å². The summed E-state index contributed by atoms with van der Waals surface area (Å²) in [5.74, 6) is 0.766. The van der Waals surface area contributed by atoms with Crippen LogP contribution in [-0.4, -0.2) is 32.6 Å². The molecule has 0 atom stereocenters. The van der Waals surface area contributed by atoms with Crippen molar-refractivity contribution >= 4 is 27.4 Å². The first-order valence-electron chi connectivity index (χ1n) is 7.06. The number of aromatic nitrogens is 3. The van der Waals surface area contributed by atoms with E-state index in [1.165, 1.54) is 19.3 Å². The summed E-state index contributed by atoms with van der Waals surface area (Å²) >= 11 is 3.42. The first kappa shape index (κ1) is 13.8. The van der Waals surface area contributed by atoms with Crippen LogP contribution in [-0.2, 0) is 0 Å². The highest BCUT2D eigenvalue weighted by Gasteiger charge is 2.31. The van der Waals surface area contributed by atoms with Crippen LogP contribution in [0.1, 0.15) is 32.1 Å². The van der Waals surface area contributed by atoms with Crippen molar-refractivity contribution in [2.45, 2.75) is 32.1 Å². The average molecular weight is 339 g/mol. The van der Waals surface area contributed by atoms with Gasteiger partial charge in [0.05, 0.1) is 6.61 Å². The largest absolute Gasteiger partial charge is 0.396 e. The highest BCUT2D eigenvalue weighted by Crippen LogP contribution is 2.36. The maximum atomic E-state index is 9.76. The second kappa shape index (κ2) is 5.69. The molecule has 2 heterocycles. The molecule has 0 bridgehead atoms. The van der Waals surface area contributed by atoms with E-state index in [-0.39, 0.29) is 12.0 Å². The SMILES string of the molecule is OCC1(CNc2nc(Br)cn3ccnc23)CCCCC1. The summed E-state index contributed by atoms with van der Waals surface area (Å²) in [5, 5.41) is 13.1. The van der Waals surface area contributed by atoms with Crippen LogP contribution in [0, 0.1) is 5.41 Å². The van der Waals surface area contributed by atoms with Crippen LogP contribution in [0.5, 0.6) is 0 Å². The summed E-state index contributed by atoms with van der Waals surface area (Å²) in [6.45, 7) is 0.980. The number of nitrogens with one attached hydrogen (secondary N) is 1. The zero-order chi connectivity index (χ0) is 14.0. The maximum Gasteiger partial charge on any atom is 0.180 e. The molecule has 1 fully saturated rings. The third-order valence-electron chi connectivity index (χ3n) is 4.23. The lowest BCUT2D eigenvalue weighted by atomic mass is 9.74. The molecule has 0 radical (unpaired) electrons. The summed E-state index contributed by atoms with van der Waals surface area (Å²) in [7, 11) is 0. The third kappa shape index (κ3) is 2.67. The minimum Gasteiger partial charge on any atom is -0.396 e. The van der Waals surface area contributed by atoms with Gasteiger partial charge < -0.3 is 14.8 Å². The van der Waals surface area contributed by atoms with Crippen molar-refractivity contribution in [2.75, 3.05) is 18.5 Å². The molecule has 2 aromatic rings. The number of anilines is 1. The van der Waals surface area contributed by atoms with E-state index in [1.807, 2.05) is 16.8 Å². The predicted octanol–water partition coefficient (Wildman–Crippen LogP) is 2.85. The Morgan fingerprint density at radius 3 is 2.90 bits per heavy atom. The van der Waals surface area contributed by atoms with Crippen LogP contribution in [0.4, 0.5) is 5.82 Å². The van der Waals surface area contributed by atoms with Crippen molar-refractivity contribution in [3.8, 4) is 0 Å². The number of aliphatic hydroxyl groups excluding tert-OH is 1. The average Bonchev–Trinajstić information content (AvgIpc) is 2.94.